The van der Waals surface area contributed by atoms with Gasteiger partial charge in [-0.1, -0.05) is 220 Å². The Labute approximate surface area is 317 Å². The van der Waals surface area contributed by atoms with E-state index in [1.807, 2.05) is 13.8 Å². The maximum Gasteiger partial charge on any atom is -0.00987 e. The summed E-state index contributed by atoms with van der Waals surface area (Å²) in [5, 5.41) is 10.1. The minimum absolute atomic E-state index is 1.24. The van der Waals surface area contributed by atoms with Crippen LogP contribution in [0, 0.1) is 0 Å². The highest BCUT2D eigenvalue weighted by Gasteiger charge is 2.17. The molecule has 10 rings (SSSR count). The number of benzene rings is 10. The number of hydrogen-bond donors (Lipinski definition) is 0. The first-order chi connectivity index (χ1) is 26.8. The molecule has 0 spiro atoms. The summed E-state index contributed by atoms with van der Waals surface area (Å²) in [5.41, 5.74) is 12.5. The monoisotopic (exact) mass is 688 g/mol. The van der Waals surface area contributed by atoms with Crippen LogP contribution >= 0.6 is 0 Å². The highest BCUT2D eigenvalue weighted by Crippen LogP contribution is 2.44. The van der Waals surface area contributed by atoms with Gasteiger partial charge in [-0.3, -0.25) is 0 Å². The lowest BCUT2D eigenvalue weighted by Crippen LogP contribution is -1.91. The van der Waals surface area contributed by atoms with Gasteiger partial charge in [0.05, 0.1) is 0 Å². The minimum atomic E-state index is 1.24. The number of rotatable bonds is 5. The molecule has 0 heterocycles. The second-order valence-electron chi connectivity index (χ2n) is 13.6. The summed E-state index contributed by atoms with van der Waals surface area (Å²) in [6.07, 6.45) is 0. The van der Waals surface area contributed by atoms with E-state index in [-0.39, 0.29) is 0 Å². The molecule has 54 heavy (non-hydrogen) atoms. The molecular weight excluding hydrogens is 649 g/mol. The standard InChI is InChI=1S/C52H34.C2H6/c1-3-15-35(16-4-1)37-27-29-47(41-21-9-7-19-39(37)41)49-31-33-51(45-25-13-11-23-43(45)49)52-34-32-50(44-24-12-14-26-46(44)52)48-30-28-38(36-17-5-2-6-18-36)40-20-8-10-22-42(40)48;1-2/h1-34H;1-2H3. The van der Waals surface area contributed by atoms with E-state index in [1.54, 1.807) is 0 Å². The second kappa shape index (κ2) is 14.3. The van der Waals surface area contributed by atoms with Crippen LogP contribution in [0.15, 0.2) is 206 Å². The Hall–Kier alpha value is -6.76. The van der Waals surface area contributed by atoms with Crippen molar-refractivity contribution < 1.29 is 0 Å². The van der Waals surface area contributed by atoms with Crippen molar-refractivity contribution in [1.29, 1.82) is 0 Å². The lowest BCUT2D eigenvalue weighted by molar-refractivity contribution is 1.50. The second-order valence-corrected chi connectivity index (χ2v) is 13.6. The topological polar surface area (TPSA) is 0 Å². The third-order valence-electron chi connectivity index (χ3n) is 10.7. The molecule has 0 unspecified atom stereocenters. The van der Waals surface area contributed by atoms with Crippen molar-refractivity contribution >= 4 is 43.1 Å². The van der Waals surface area contributed by atoms with Gasteiger partial charge in [0, 0.05) is 0 Å². The van der Waals surface area contributed by atoms with Gasteiger partial charge in [-0.15, -0.1) is 0 Å². The average Bonchev–Trinajstić information content (AvgIpc) is 3.26. The van der Waals surface area contributed by atoms with Crippen LogP contribution in [-0.4, -0.2) is 0 Å². The Kier molecular flexibility index (Phi) is 8.79. The van der Waals surface area contributed by atoms with E-state index >= 15 is 0 Å². The average molecular weight is 689 g/mol. The van der Waals surface area contributed by atoms with Crippen molar-refractivity contribution in [3.05, 3.63) is 206 Å². The summed E-state index contributed by atoms with van der Waals surface area (Å²) in [6, 6.07) is 75.4. The summed E-state index contributed by atoms with van der Waals surface area (Å²) in [5.74, 6) is 0. The molecule has 0 saturated carbocycles. The van der Waals surface area contributed by atoms with E-state index in [9.17, 15) is 0 Å². The Bertz CT molecular complexity index is 2730. The van der Waals surface area contributed by atoms with E-state index in [0.29, 0.717) is 0 Å². The van der Waals surface area contributed by atoms with Crippen molar-refractivity contribution in [2.24, 2.45) is 0 Å². The molecule has 0 fully saturated rings. The number of fused-ring (bicyclic) bond motifs is 4. The first kappa shape index (κ1) is 33.1. The van der Waals surface area contributed by atoms with E-state index in [2.05, 4.69) is 206 Å². The van der Waals surface area contributed by atoms with Crippen molar-refractivity contribution in [3.8, 4) is 55.6 Å². The van der Waals surface area contributed by atoms with Crippen molar-refractivity contribution in [3.63, 3.8) is 0 Å². The highest BCUT2D eigenvalue weighted by atomic mass is 14.2. The van der Waals surface area contributed by atoms with Gasteiger partial charge in [-0.25, -0.2) is 0 Å². The van der Waals surface area contributed by atoms with Gasteiger partial charge in [0.2, 0.25) is 0 Å². The fourth-order valence-electron chi connectivity index (χ4n) is 8.34. The Balaban J connectivity index is 0.00000189. The maximum atomic E-state index is 2.34. The largest absolute Gasteiger partial charge is 0.0683 e. The lowest BCUT2D eigenvalue weighted by Gasteiger charge is -2.18. The predicted octanol–water partition coefficient (Wildman–Crippen LogP) is 15.7. The number of hydrogen-bond acceptors (Lipinski definition) is 0. The van der Waals surface area contributed by atoms with Crippen LogP contribution in [0.25, 0.3) is 98.7 Å². The van der Waals surface area contributed by atoms with Gasteiger partial charge in [0.25, 0.3) is 0 Å². The molecule has 256 valence electrons. The summed E-state index contributed by atoms with van der Waals surface area (Å²) in [6.45, 7) is 4.00. The van der Waals surface area contributed by atoms with E-state index in [4.69, 9.17) is 0 Å². The van der Waals surface area contributed by atoms with Crippen molar-refractivity contribution in [1.82, 2.24) is 0 Å². The van der Waals surface area contributed by atoms with Crippen LogP contribution in [-0.2, 0) is 0 Å². The molecule has 0 aliphatic carbocycles. The van der Waals surface area contributed by atoms with Gasteiger partial charge < -0.3 is 0 Å². The van der Waals surface area contributed by atoms with Crippen LogP contribution < -0.4 is 0 Å². The molecule has 0 bridgehead atoms. The SMILES string of the molecule is CC.c1ccc(-c2ccc(-c3ccc(-c4ccc(-c5ccc(-c6ccccc6)c6ccccc56)c5ccccc45)c4ccccc34)c3ccccc23)cc1. The Morgan fingerprint density at radius 3 is 0.556 bits per heavy atom. The van der Waals surface area contributed by atoms with Gasteiger partial charge in [-0.05, 0) is 98.7 Å². The smallest absolute Gasteiger partial charge is 0.00987 e. The molecule has 10 aromatic rings. The summed E-state index contributed by atoms with van der Waals surface area (Å²) in [4.78, 5) is 0. The van der Waals surface area contributed by atoms with Gasteiger partial charge in [0.1, 0.15) is 0 Å². The zero-order chi connectivity index (χ0) is 36.4. The zero-order valence-electron chi connectivity index (χ0n) is 30.6. The van der Waals surface area contributed by atoms with Crippen LogP contribution in [0.1, 0.15) is 13.8 Å². The van der Waals surface area contributed by atoms with Crippen LogP contribution in [0.2, 0.25) is 0 Å². The molecule has 0 N–H and O–H groups in total. The first-order valence-electron chi connectivity index (χ1n) is 19.0. The van der Waals surface area contributed by atoms with Crippen molar-refractivity contribution in [2.45, 2.75) is 13.8 Å². The van der Waals surface area contributed by atoms with Crippen LogP contribution in [0.3, 0.4) is 0 Å². The third kappa shape index (κ3) is 5.65. The molecule has 0 heteroatoms. The molecule has 0 radical (unpaired) electrons. The quantitative estimate of drug-likeness (QED) is 0.169. The molecule has 0 nitrogen and oxygen atoms in total. The first-order valence-corrected chi connectivity index (χ1v) is 19.0. The summed E-state index contributed by atoms with van der Waals surface area (Å²) >= 11 is 0. The molecule has 0 aliphatic heterocycles. The zero-order valence-corrected chi connectivity index (χ0v) is 30.6. The predicted molar refractivity (Wildman–Crippen MR) is 235 cm³/mol. The lowest BCUT2D eigenvalue weighted by atomic mass is 9.85. The fourth-order valence-corrected chi connectivity index (χ4v) is 8.34. The molecule has 10 aromatic carbocycles. The van der Waals surface area contributed by atoms with Gasteiger partial charge in [0.15, 0.2) is 0 Å². The fraction of sp³-hybridized carbons (Fsp3) is 0.0370. The third-order valence-corrected chi connectivity index (χ3v) is 10.7. The summed E-state index contributed by atoms with van der Waals surface area (Å²) in [7, 11) is 0. The van der Waals surface area contributed by atoms with Gasteiger partial charge >= 0.3 is 0 Å². The Morgan fingerprint density at radius 1 is 0.167 bits per heavy atom. The molecule has 0 aromatic heterocycles. The van der Waals surface area contributed by atoms with E-state index in [0.717, 1.165) is 0 Å². The minimum Gasteiger partial charge on any atom is -0.0683 e. The molecule has 0 aliphatic rings. The molecular formula is C54H40. The van der Waals surface area contributed by atoms with Crippen molar-refractivity contribution in [2.75, 3.05) is 0 Å². The van der Waals surface area contributed by atoms with Crippen LogP contribution in [0.5, 0.6) is 0 Å². The van der Waals surface area contributed by atoms with E-state index < -0.39 is 0 Å². The van der Waals surface area contributed by atoms with E-state index in [1.165, 1.54) is 98.7 Å². The normalized spacial score (nSPS) is 11.1. The highest BCUT2D eigenvalue weighted by molar-refractivity contribution is 6.16. The molecule has 0 saturated heterocycles. The molecule has 0 amide bonds. The summed E-state index contributed by atoms with van der Waals surface area (Å²) < 4.78 is 0. The Morgan fingerprint density at radius 2 is 0.333 bits per heavy atom. The molecule has 0 atom stereocenters. The van der Waals surface area contributed by atoms with Gasteiger partial charge in [-0.2, -0.15) is 0 Å². The van der Waals surface area contributed by atoms with Crippen LogP contribution in [0.4, 0.5) is 0 Å². The maximum absolute atomic E-state index is 2.34.